The van der Waals surface area contributed by atoms with Gasteiger partial charge >= 0.3 is 0 Å². The van der Waals surface area contributed by atoms with Gasteiger partial charge in [0.15, 0.2) is 11.6 Å². The lowest BCUT2D eigenvalue weighted by Gasteiger charge is -2.38. The summed E-state index contributed by atoms with van der Waals surface area (Å²) < 4.78 is 36.9. The lowest BCUT2D eigenvalue weighted by atomic mass is 9.82. The Morgan fingerprint density at radius 1 is 1.30 bits per heavy atom. The van der Waals surface area contributed by atoms with Gasteiger partial charge in [-0.2, -0.15) is 0 Å². The Hall–Kier alpha value is -1.53. The van der Waals surface area contributed by atoms with Gasteiger partial charge < -0.3 is 14.4 Å². The van der Waals surface area contributed by atoms with Crippen molar-refractivity contribution in [3.05, 3.63) is 35.4 Å². The van der Waals surface area contributed by atoms with Crippen molar-refractivity contribution in [2.45, 2.75) is 19.8 Å². The van der Waals surface area contributed by atoms with Crippen LogP contribution in [0.3, 0.4) is 0 Å². The van der Waals surface area contributed by atoms with Crippen LogP contribution in [-0.4, -0.2) is 50.8 Å². The molecule has 0 N–H and O–H groups in total. The van der Waals surface area contributed by atoms with Crippen LogP contribution in [0.25, 0.3) is 0 Å². The van der Waals surface area contributed by atoms with Crippen LogP contribution >= 0.6 is 0 Å². The molecule has 0 bridgehead atoms. The quantitative estimate of drug-likeness (QED) is 0.806. The first-order valence-corrected chi connectivity index (χ1v) is 7.76. The molecule has 0 atom stereocenters. The second-order valence-electron chi connectivity index (χ2n) is 6.27. The number of ether oxygens (including phenoxy) is 2. The summed E-state index contributed by atoms with van der Waals surface area (Å²) in [5, 5.41) is 0. The van der Waals surface area contributed by atoms with Crippen LogP contribution in [-0.2, 0) is 9.47 Å². The summed E-state index contributed by atoms with van der Waals surface area (Å²) in [4.78, 5) is 14.3. The SMILES string of the molecule is COCCN(CC1(C)CCOCC1)C(=O)c1ccc(F)c(F)c1. The van der Waals surface area contributed by atoms with Crippen molar-refractivity contribution in [1.82, 2.24) is 4.90 Å². The summed E-state index contributed by atoms with van der Waals surface area (Å²) in [5.74, 6) is -2.28. The van der Waals surface area contributed by atoms with Gasteiger partial charge in [-0.1, -0.05) is 6.92 Å². The Morgan fingerprint density at radius 3 is 2.61 bits per heavy atom. The van der Waals surface area contributed by atoms with Gasteiger partial charge in [0.05, 0.1) is 6.61 Å². The van der Waals surface area contributed by atoms with Crippen LogP contribution in [0.2, 0.25) is 0 Å². The molecule has 1 amide bonds. The maximum Gasteiger partial charge on any atom is 0.254 e. The molecule has 4 nitrogen and oxygen atoms in total. The number of carbonyl (C=O) groups is 1. The number of hydrogen-bond donors (Lipinski definition) is 0. The van der Waals surface area contributed by atoms with E-state index in [2.05, 4.69) is 6.92 Å². The van der Waals surface area contributed by atoms with Crippen LogP contribution in [0.15, 0.2) is 18.2 Å². The van der Waals surface area contributed by atoms with Crippen LogP contribution < -0.4 is 0 Å². The number of halogens is 2. The summed E-state index contributed by atoms with van der Waals surface area (Å²) in [6, 6.07) is 3.24. The molecule has 128 valence electrons. The zero-order valence-electron chi connectivity index (χ0n) is 13.6. The van der Waals surface area contributed by atoms with Crippen molar-refractivity contribution in [2.24, 2.45) is 5.41 Å². The molecule has 0 aliphatic carbocycles. The highest BCUT2D eigenvalue weighted by atomic mass is 19.2. The topological polar surface area (TPSA) is 38.8 Å². The second kappa shape index (κ2) is 7.84. The van der Waals surface area contributed by atoms with E-state index in [0.717, 1.165) is 25.0 Å². The van der Waals surface area contributed by atoms with Crippen molar-refractivity contribution < 1.29 is 23.0 Å². The van der Waals surface area contributed by atoms with Gasteiger partial charge in [-0.15, -0.1) is 0 Å². The first-order valence-electron chi connectivity index (χ1n) is 7.76. The Kier molecular flexibility index (Phi) is 6.07. The van der Waals surface area contributed by atoms with Crippen LogP contribution in [0.1, 0.15) is 30.1 Å². The van der Waals surface area contributed by atoms with Crippen molar-refractivity contribution >= 4 is 5.91 Å². The Balaban J connectivity index is 2.15. The fourth-order valence-electron chi connectivity index (χ4n) is 2.75. The number of rotatable bonds is 6. The summed E-state index contributed by atoms with van der Waals surface area (Å²) in [6.45, 7) is 4.81. The minimum Gasteiger partial charge on any atom is -0.383 e. The smallest absolute Gasteiger partial charge is 0.254 e. The number of amides is 1. The molecule has 1 aliphatic heterocycles. The molecule has 1 saturated heterocycles. The summed E-state index contributed by atoms with van der Waals surface area (Å²) in [7, 11) is 1.57. The van der Waals surface area contributed by atoms with E-state index >= 15 is 0 Å². The fraction of sp³-hybridized carbons (Fsp3) is 0.588. The molecule has 1 fully saturated rings. The van der Waals surface area contributed by atoms with Gasteiger partial charge in [0, 0.05) is 39.0 Å². The summed E-state index contributed by atoms with van der Waals surface area (Å²) >= 11 is 0. The van der Waals surface area contributed by atoms with Crippen molar-refractivity contribution in [1.29, 1.82) is 0 Å². The standard InChI is InChI=1S/C17H23F2NO3/c1-17(5-8-23-9-6-17)12-20(7-10-22-2)16(21)13-3-4-14(18)15(19)11-13/h3-4,11H,5-10,12H2,1-2H3. The third-order valence-corrected chi connectivity index (χ3v) is 4.29. The zero-order chi connectivity index (χ0) is 16.9. The van der Waals surface area contributed by atoms with E-state index in [9.17, 15) is 13.6 Å². The van der Waals surface area contributed by atoms with Gasteiger partial charge in [0.25, 0.3) is 5.91 Å². The van der Waals surface area contributed by atoms with Gasteiger partial charge in [-0.25, -0.2) is 8.78 Å². The molecule has 1 aromatic carbocycles. The predicted molar refractivity (Wildman–Crippen MR) is 82.3 cm³/mol. The number of hydrogen-bond acceptors (Lipinski definition) is 3. The third kappa shape index (κ3) is 4.72. The highest BCUT2D eigenvalue weighted by Gasteiger charge is 2.31. The van der Waals surface area contributed by atoms with Crippen molar-refractivity contribution in [3.8, 4) is 0 Å². The van der Waals surface area contributed by atoms with E-state index in [1.807, 2.05) is 0 Å². The third-order valence-electron chi connectivity index (χ3n) is 4.29. The number of carbonyl (C=O) groups excluding carboxylic acids is 1. The number of nitrogens with zero attached hydrogens (tertiary/aromatic N) is 1. The largest absolute Gasteiger partial charge is 0.383 e. The van der Waals surface area contributed by atoms with E-state index in [1.54, 1.807) is 12.0 Å². The second-order valence-corrected chi connectivity index (χ2v) is 6.27. The van der Waals surface area contributed by atoms with Gasteiger partial charge in [0.2, 0.25) is 0 Å². The highest BCUT2D eigenvalue weighted by molar-refractivity contribution is 5.94. The lowest BCUT2D eigenvalue weighted by molar-refractivity contribution is 0.00273. The van der Waals surface area contributed by atoms with E-state index in [4.69, 9.17) is 9.47 Å². The average molecular weight is 327 g/mol. The molecule has 1 heterocycles. The van der Waals surface area contributed by atoms with Crippen LogP contribution in [0.4, 0.5) is 8.78 Å². The molecule has 0 saturated carbocycles. The normalized spacial score (nSPS) is 17.0. The monoisotopic (exact) mass is 327 g/mol. The predicted octanol–water partition coefficient (Wildman–Crippen LogP) is 2.87. The molecular weight excluding hydrogens is 304 g/mol. The lowest BCUT2D eigenvalue weighted by Crippen LogP contribution is -2.44. The minimum atomic E-state index is -1.01. The van der Waals surface area contributed by atoms with Gasteiger partial charge in [-0.05, 0) is 36.5 Å². The Morgan fingerprint density at radius 2 is 2.00 bits per heavy atom. The molecule has 1 aromatic rings. The molecule has 0 aromatic heterocycles. The average Bonchev–Trinajstić information content (AvgIpc) is 2.54. The Bertz CT molecular complexity index is 545. The van der Waals surface area contributed by atoms with Crippen LogP contribution in [0.5, 0.6) is 0 Å². The molecule has 1 aliphatic rings. The highest BCUT2D eigenvalue weighted by Crippen LogP contribution is 2.31. The van der Waals surface area contributed by atoms with E-state index in [1.165, 1.54) is 6.07 Å². The maximum absolute atomic E-state index is 13.4. The van der Waals surface area contributed by atoms with Gasteiger partial charge in [-0.3, -0.25) is 4.79 Å². The summed E-state index contributed by atoms with van der Waals surface area (Å²) in [6.07, 6.45) is 1.73. The molecule has 2 rings (SSSR count). The first kappa shape index (κ1) is 17.8. The van der Waals surface area contributed by atoms with E-state index < -0.39 is 11.6 Å². The minimum absolute atomic E-state index is 0.0414. The van der Waals surface area contributed by atoms with Crippen molar-refractivity contribution in [2.75, 3.05) is 40.0 Å². The molecule has 6 heteroatoms. The molecule has 0 unspecified atom stereocenters. The number of methoxy groups -OCH3 is 1. The molecule has 0 spiro atoms. The number of benzene rings is 1. The van der Waals surface area contributed by atoms with Crippen LogP contribution in [0, 0.1) is 17.0 Å². The summed E-state index contributed by atoms with van der Waals surface area (Å²) in [5.41, 5.74) is 0.107. The van der Waals surface area contributed by atoms with Gasteiger partial charge in [0.1, 0.15) is 0 Å². The molecule has 0 radical (unpaired) electrons. The maximum atomic E-state index is 13.4. The van der Waals surface area contributed by atoms with Crippen molar-refractivity contribution in [3.63, 3.8) is 0 Å². The fourth-order valence-corrected chi connectivity index (χ4v) is 2.75. The molecular formula is C17H23F2NO3. The zero-order valence-corrected chi connectivity index (χ0v) is 13.6. The Labute approximate surface area is 135 Å². The van der Waals surface area contributed by atoms with E-state index in [0.29, 0.717) is 32.9 Å². The first-order chi connectivity index (χ1) is 10.9. The molecule has 23 heavy (non-hydrogen) atoms. The van der Waals surface area contributed by atoms with E-state index in [-0.39, 0.29) is 16.9 Å².